The molecule has 1 aromatic carbocycles. The maximum Gasteiger partial charge on any atom is 0.00460 e. The lowest BCUT2D eigenvalue weighted by atomic mass is 9.77. The first kappa shape index (κ1) is 13.6. The molecule has 90 valence electrons. The van der Waals surface area contributed by atoms with Crippen LogP contribution in [0.25, 0.3) is 0 Å². The Hall–Kier alpha value is -0.430. The molecular weight excluding hydrogens is 212 g/mol. The van der Waals surface area contributed by atoms with E-state index in [0.717, 1.165) is 4.90 Å². The van der Waals surface area contributed by atoms with Crippen molar-refractivity contribution < 1.29 is 0 Å². The first-order valence-corrected chi connectivity index (χ1v) is 6.33. The molecule has 0 fully saturated rings. The van der Waals surface area contributed by atoms with E-state index in [1.807, 2.05) is 0 Å². The minimum atomic E-state index is 0.183. The van der Waals surface area contributed by atoms with Crippen LogP contribution >= 0.6 is 12.6 Å². The predicted molar refractivity (Wildman–Crippen MR) is 75.8 cm³/mol. The van der Waals surface area contributed by atoms with Gasteiger partial charge in [0.2, 0.25) is 0 Å². The van der Waals surface area contributed by atoms with Crippen LogP contribution in [0.2, 0.25) is 0 Å². The van der Waals surface area contributed by atoms with Crippen molar-refractivity contribution in [3.63, 3.8) is 0 Å². The van der Waals surface area contributed by atoms with Crippen LogP contribution in [0.5, 0.6) is 0 Å². The highest BCUT2D eigenvalue weighted by molar-refractivity contribution is 7.80. The lowest BCUT2D eigenvalue weighted by Crippen LogP contribution is -2.19. The number of hydrogen-bond donors (Lipinski definition) is 1. The van der Waals surface area contributed by atoms with Crippen LogP contribution < -0.4 is 0 Å². The van der Waals surface area contributed by atoms with Crippen molar-refractivity contribution in [1.82, 2.24) is 0 Å². The van der Waals surface area contributed by atoms with Crippen LogP contribution in [-0.2, 0) is 10.8 Å². The molecule has 0 radical (unpaired) electrons. The SMILES string of the molecule is Cc1c(C(C)(C)C)cc(S)cc1C(C)(C)C. The van der Waals surface area contributed by atoms with Gasteiger partial charge in [-0.15, -0.1) is 12.6 Å². The van der Waals surface area contributed by atoms with Crippen molar-refractivity contribution in [2.75, 3.05) is 0 Å². The highest BCUT2D eigenvalue weighted by Gasteiger charge is 2.23. The minimum absolute atomic E-state index is 0.183. The van der Waals surface area contributed by atoms with Crippen molar-refractivity contribution in [3.05, 3.63) is 28.8 Å². The van der Waals surface area contributed by atoms with Crippen LogP contribution in [0.15, 0.2) is 17.0 Å². The first-order valence-electron chi connectivity index (χ1n) is 5.88. The Bertz CT molecular complexity index is 354. The summed E-state index contributed by atoms with van der Waals surface area (Å²) < 4.78 is 0. The molecule has 0 heterocycles. The number of benzene rings is 1. The highest BCUT2D eigenvalue weighted by atomic mass is 32.1. The normalized spacial score (nSPS) is 13.0. The quantitative estimate of drug-likeness (QED) is 0.610. The van der Waals surface area contributed by atoms with E-state index in [1.165, 1.54) is 16.7 Å². The number of thiol groups is 1. The molecular formula is C15H24S. The van der Waals surface area contributed by atoms with E-state index in [2.05, 4.69) is 73.2 Å². The van der Waals surface area contributed by atoms with Gasteiger partial charge in [-0.1, -0.05) is 41.5 Å². The van der Waals surface area contributed by atoms with Crippen LogP contribution in [-0.4, -0.2) is 0 Å². The second-order valence-electron chi connectivity index (χ2n) is 6.67. The molecule has 0 atom stereocenters. The van der Waals surface area contributed by atoms with Gasteiger partial charge >= 0.3 is 0 Å². The van der Waals surface area contributed by atoms with Crippen LogP contribution in [0.3, 0.4) is 0 Å². The zero-order valence-electron chi connectivity index (χ0n) is 11.6. The van der Waals surface area contributed by atoms with Crippen molar-refractivity contribution in [2.24, 2.45) is 0 Å². The summed E-state index contributed by atoms with van der Waals surface area (Å²) in [4.78, 5) is 1.07. The molecule has 0 nitrogen and oxygen atoms in total. The lowest BCUT2D eigenvalue weighted by Gasteiger charge is -2.29. The van der Waals surface area contributed by atoms with E-state index in [4.69, 9.17) is 0 Å². The van der Waals surface area contributed by atoms with Gasteiger partial charge in [0, 0.05) is 4.90 Å². The average molecular weight is 236 g/mol. The molecule has 0 aromatic heterocycles. The molecule has 0 spiro atoms. The third kappa shape index (κ3) is 2.82. The zero-order chi connectivity index (χ0) is 12.7. The van der Waals surface area contributed by atoms with Gasteiger partial charge in [-0.2, -0.15) is 0 Å². The predicted octanol–water partition coefficient (Wildman–Crippen LogP) is 4.88. The molecule has 0 aliphatic rings. The van der Waals surface area contributed by atoms with Gasteiger partial charge in [0.1, 0.15) is 0 Å². The van der Waals surface area contributed by atoms with Crippen LogP contribution in [0.1, 0.15) is 58.2 Å². The van der Waals surface area contributed by atoms with Gasteiger partial charge in [-0.25, -0.2) is 0 Å². The molecule has 0 aliphatic carbocycles. The fraction of sp³-hybridized carbons (Fsp3) is 0.600. The topological polar surface area (TPSA) is 0 Å². The minimum Gasteiger partial charge on any atom is -0.143 e. The summed E-state index contributed by atoms with van der Waals surface area (Å²) in [7, 11) is 0. The zero-order valence-corrected chi connectivity index (χ0v) is 12.5. The van der Waals surface area contributed by atoms with E-state index < -0.39 is 0 Å². The summed E-state index contributed by atoms with van der Waals surface area (Å²) in [6, 6.07) is 4.40. The van der Waals surface area contributed by atoms with Crippen molar-refractivity contribution >= 4 is 12.6 Å². The van der Waals surface area contributed by atoms with Gasteiger partial charge < -0.3 is 0 Å². The molecule has 1 aromatic rings. The standard InChI is InChI=1S/C15H24S/c1-10-12(14(2,3)4)8-11(16)9-13(10)15(5,6)7/h8-9,16H,1-7H3. The van der Waals surface area contributed by atoms with E-state index in [0.29, 0.717) is 0 Å². The monoisotopic (exact) mass is 236 g/mol. The molecule has 1 rings (SSSR count). The molecule has 0 saturated heterocycles. The summed E-state index contributed by atoms with van der Waals surface area (Å²) in [5.74, 6) is 0. The summed E-state index contributed by atoms with van der Waals surface area (Å²) in [5, 5.41) is 0. The maximum atomic E-state index is 4.53. The third-order valence-electron chi connectivity index (χ3n) is 3.01. The van der Waals surface area contributed by atoms with Crippen molar-refractivity contribution in [2.45, 2.75) is 64.2 Å². The molecule has 0 N–H and O–H groups in total. The van der Waals surface area contributed by atoms with E-state index in [-0.39, 0.29) is 10.8 Å². The number of hydrogen-bond acceptors (Lipinski definition) is 1. The lowest BCUT2D eigenvalue weighted by molar-refractivity contribution is 0.558. The molecule has 1 heteroatoms. The Kier molecular flexibility index (Phi) is 3.50. The molecule has 0 saturated carbocycles. The highest BCUT2D eigenvalue weighted by Crippen LogP contribution is 2.35. The molecule has 0 amide bonds. The first-order chi connectivity index (χ1) is 7.03. The summed E-state index contributed by atoms with van der Waals surface area (Å²) in [6.07, 6.45) is 0. The fourth-order valence-corrected chi connectivity index (χ4v) is 2.52. The second kappa shape index (κ2) is 4.10. The van der Waals surface area contributed by atoms with E-state index in [1.54, 1.807) is 0 Å². The largest absolute Gasteiger partial charge is 0.143 e. The molecule has 16 heavy (non-hydrogen) atoms. The van der Waals surface area contributed by atoms with Gasteiger partial charge in [0.25, 0.3) is 0 Å². The van der Waals surface area contributed by atoms with Crippen molar-refractivity contribution in [3.8, 4) is 0 Å². The molecule has 0 bridgehead atoms. The average Bonchev–Trinajstić information content (AvgIpc) is 2.04. The summed E-state index contributed by atoms with van der Waals surface area (Å²) >= 11 is 4.53. The van der Waals surface area contributed by atoms with Gasteiger partial charge in [-0.3, -0.25) is 0 Å². The van der Waals surface area contributed by atoms with Gasteiger partial charge in [-0.05, 0) is 46.6 Å². The maximum absolute atomic E-state index is 4.53. The Morgan fingerprint density at radius 3 is 1.38 bits per heavy atom. The Morgan fingerprint density at radius 1 is 0.812 bits per heavy atom. The smallest absolute Gasteiger partial charge is 0.00460 e. The Balaban J connectivity index is 3.51. The second-order valence-corrected chi connectivity index (χ2v) is 7.18. The van der Waals surface area contributed by atoms with Crippen LogP contribution in [0.4, 0.5) is 0 Å². The summed E-state index contributed by atoms with van der Waals surface area (Å²) in [5.41, 5.74) is 4.60. The third-order valence-corrected chi connectivity index (χ3v) is 3.27. The Labute approximate surface area is 106 Å². The van der Waals surface area contributed by atoms with E-state index >= 15 is 0 Å². The molecule has 0 unspecified atom stereocenters. The summed E-state index contributed by atoms with van der Waals surface area (Å²) in [6.45, 7) is 15.8. The molecule has 0 aliphatic heterocycles. The fourth-order valence-electron chi connectivity index (χ4n) is 2.26. The van der Waals surface area contributed by atoms with Crippen molar-refractivity contribution in [1.29, 1.82) is 0 Å². The van der Waals surface area contributed by atoms with Crippen LogP contribution in [0, 0.1) is 6.92 Å². The number of rotatable bonds is 0. The van der Waals surface area contributed by atoms with E-state index in [9.17, 15) is 0 Å². The van der Waals surface area contributed by atoms with Gasteiger partial charge in [0.05, 0.1) is 0 Å². The Morgan fingerprint density at radius 2 is 1.12 bits per heavy atom. The van der Waals surface area contributed by atoms with Gasteiger partial charge in [0.15, 0.2) is 0 Å².